The van der Waals surface area contributed by atoms with Gasteiger partial charge in [0, 0.05) is 12.0 Å². The second kappa shape index (κ2) is 6.51. The lowest BCUT2D eigenvalue weighted by Crippen LogP contribution is -2.39. The zero-order chi connectivity index (χ0) is 17.1. The van der Waals surface area contributed by atoms with Crippen LogP contribution in [0.5, 0.6) is 0 Å². The fraction of sp³-hybridized carbons (Fsp3) is 0.556. The van der Waals surface area contributed by atoms with Gasteiger partial charge in [0.1, 0.15) is 5.41 Å². The van der Waals surface area contributed by atoms with Gasteiger partial charge in [-0.1, -0.05) is 58.9 Å². The zero-order valence-corrected chi connectivity index (χ0v) is 14.2. The van der Waals surface area contributed by atoms with Gasteiger partial charge in [0.2, 0.25) is 0 Å². The van der Waals surface area contributed by atoms with Gasteiger partial charge in [0.05, 0.1) is 7.11 Å². The van der Waals surface area contributed by atoms with Crippen molar-refractivity contribution in [3.05, 3.63) is 36.0 Å². The Labute approximate surface area is 132 Å². The molecule has 1 rings (SSSR count). The van der Waals surface area contributed by atoms with E-state index >= 15 is 0 Å². The summed E-state index contributed by atoms with van der Waals surface area (Å²) in [6.45, 7) is 10.0. The maximum absolute atomic E-state index is 12.0. The summed E-state index contributed by atoms with van der Waals surface area (Å²) in [7, 11) is 1.30. The van der Waals surface area contributed by atoms with Crippen molar-refractivity contribution < 1.29 is 19.4 Å². The van der Waals surface area contributed by atoms with Crippen molar-refractivity contribution in [2.75, 3.05) is 7.11 Å². The maximum Gasteiger partial charge on any atom is 0.330 e. The predicted molar refractivity (Wildman–Crippen MR) is 86.2 cm³/mol. The minimum absolute atomic E-state index is 0.0253. The molecule has 0 spiro atoms. The van der Waals surface area contributed by atoms with Crippen LogP contribution in [-0.2, 0) is 14.3 Å². The Morgan fingerprint density at radius 3 is 2.36 bits per heavy atom. The van der Waals surface area contributed by atoms with Gasteiger partial charge in [-0.25, -0.2) is 4.79 Å². The molecule has 0 aromatic heterocycles. The summed E-state index contributed by atoms with van der Waals surface area (Å²) >= 11 is 0. The Kier molecular flexibility index (Phi) is 5.39. The highest BCUT2D eigenvalue weighted by atomic mass is 16.5. The molecular formula is C18H26O4. The zero-order valence-electron chi connectivity index (χ0n) is 14.2. The smallest absolute Gasteiger partial charge is 0.330 e. The van der Waals surface area contributed by atoms with Crippen molar-refractivity contribution >= 4 is 11.9 Å². The number of esters is 1. The molecule has 0 aromatic carbocycles. The Morgan fingerprint density at radius 1 is 1.36 bits per heavy atom. The quantitative estimate of drug-likeness (QED) is 0.489. The second-order valence-corrected chi connectivity index (χ2v) is 7.06. The normalized spacial score (nSPS) is 25.4. The first-order valence-corrected chi connectivity index (χ1v) is 7.46. The summed E-state index contributed by atoms with van der Waals surface area (Å²) in [4.78, 5) is 23.3. The van der Waals surface area contributed by atoms with E-state index < -0.39 is 17.4 Å². The topological polar surface area (TPSA) is 63.6 Å². The second-order valence-electron chi connectivity index (χ2n) is 7.06. The van der Waals surface area contributed by atoms with Gasteiger partial charge < -0.3 is 9.84 Å². The average Bonchev–Trinajstić information content (AvgIpc) is 2.42. The first kappa shape index (κ1) is 18.2. The van der Waals surface area contributed by atoms with E-state index in [0.717, 1.165) is 0 Å². The van der Waals surface area contributed by atoms with Crippen molar-refractivity contribution in [3.8, 4) is 0 Å². The van der Waals surface area contributed by atoms with Crippen LogP contribution in [0, 0.1) is 22.7 Å². The van der Waals surface area contributed by atoms with Crippen LogP contribution in [0.15, 0.2) is 36.0 Å². The highest BCUT2D eigenvalue weighted by Gasteiger charge is 2.44. The number of carbonyl (C=O) groups is 2. The third kappa shape index (κ3) is 3.49. The number of carboxylic acid groups (broad SMARTS) is 1. The summed E-state index contributed by atoms with van der Waals surface area (Å²) in [5, 5.41) is 9.80. The van der Waals surface area contributed by atoms with E-state index in [1.54, 1.807) is 12.2 Å². The van der Waals surface area contributed by atoms with Crippen molar-refractivity contribution in [3.63, 3.8) is 0 Å². The molecule has 0 heterocycles. The monoisotopic (exact) mass is 306 g/mol. The van der Waals surface area contributed by atoms with Gasteiger partial charge in [-0.3, -0.25) is 4.79 Å². The van der Waals surface area contributed by atoms with Gasteiger partial charge in [-0.05, 0) is 16.9 Å². The average molecular weight is 306 g/mol. The number of hydrogen-bond donors (Lipinski definition) is 1. The number of carbonyl (C=O) groups excluding carboxylic acids is 1. The van der Waals surface area contributed by atoms with Gasteiger partial charge in [0.15, 0.2) is 0 Å². The SMILES string of the molecule is COC(=O)/C=C/C1=CC(C(C)(C)C)C=CC1(C(=O)O)C(C)C. The molecule has 4 nitrogen and oxygen atoms in total. The van der Waals surface area contributed by atoms with Gasteiger partial charge in [-0.15, -0.1) is 0 Å². The molecule has 0 bridgehead atoms. The summed E-state index contributed by atoms with van der Waals surface area (Å²) in [6.07, 6.45) is 8.54. The molecule has 0 aromatic rings. The van der Waals surface area contributed by atoms with E-state index in [0.29, 0.717) is 5.57 Å². The van der Waals surface area contributed by atoms with E-state index in [-0.39, 0.29) is 17.3 Å². The maximum atomic E-state index is 12.0. The van der Waals surface area contributed by atoms with Gasteiger partial charge in [-0.2, -0.15) is 0 Å². The highest BCUT2D eigenvalue weighted by molar-refractivity contribution is 5.86. The minimum Gasteiger partial charge on any atom is -0.480 e. The molecule has 22 heavy (non-hydrogen) atoms. The van der Waals surface area contributed by atoms with E-state index in [9.17, 15) is 14.7 Å². The number of aliphatic carboxylic acids is 1. The molecule has 1 aliphatic carbocycles. The van der Waals surface area contributed by atoms with E-state index in [4.69, 9.17) is 0 Å². The third-order valence-corrected chi connectivity index (χ3v) is 4.27. The third-order valence-electron chi connectivity index (χ3n) is 4.27. The first-order valence-electron chi connectivity index (χ1n) is 7.46. The Balaban J connectivity index is 3.40. The molecule has 2 unspecified atom stereocenters. The van der Waals surface area contributed by atoms with Gasteiger partial charge in [0.25, 0.3) is 0 Å². The number of allylic oxidation sites excluding steroid dienone is 3. The van der Waals surface area contributed by atoms with Crippen LogP contribution in [0.25, 0.3) is 0 Å². The van der Waals surface area contributed by atoms with Crippen LogP contribution in [0.3, 0.4) is 0 Å². The van der Waals surface area contributed by atoms with Crippen molar-refractivity contribution in [1.29, 1.82) is 0 Å². The largest absolute Gasteiger partial charge is 0.480 e. The first-order chi connectivity index (χ1) is 10.1. The fourth-order valence-corrected chi connectivity index (χ4v) is 2.66. The number of methoxy groups -OCH3 is 1. The van der Waals surface area contributed by atoms with Crippen LogP contribution in [0.4, 0.5) is 0 Å². The Hall–Kier alpha value is -1.84. The minimum atomic E-state index is -1.12. The van der Waals surface area contributed by atoms with Crippen LogP contribution < -0.4 is 0 Å². The molecule has 0 saturated carbocycles. The van der Waals surface area contributed by atoms with E-state index in [1.807, 2.05) is 26.0 Å². The summed E-state index contributed by atoms with van der Waals surface area (Å²) in [5.41, 5.74) is -0.516. The van der Waals surface area contributed by atoms with Gasteiger partial charge >= 0.3 is 11.9 Å². The molecule has 0 amide bonds. The van der Waals surface area contributed by atoms with Crippen molar-refractivity contribution in [2.24, 2.45) is 22.7 Å². The number of carboxylic acids is 1. The molecule has 1 aliphatic rings. The molecular weight excluding hydrogens is 280 g/mol. The lowest BCUT2D eigenvalue weighted by atomic mass is 9.64. The molecule has 2 atom stereocenters. The summed E-state index contributed by atoms with van der Waals surface area (Å²) in [6, 6.07) is 0. The van der Waals surface area contributed by atoms with E-state index in [2.05, 4.69) is 25.5 Å². The number of rotatable bonds is 4. The predicted octanol–water partition coefficient (Wildman–Crippen LogP) is 3.60. The van der Waals surface area contributed by atoms with Crippen LogP contribution in [-0.4, -0.2) is 24.2 Å². The van der Waals surface area contributed by atoms with Crippen LogP contribution >= 0.6 is 0 Å². The Morgan fingerprint density at radius 2 is 1.95 bits per heavy atom. The number of ether oxygens (including phenoxy) is 1. The molecule has 4 heteroatoms. The lowest BCUT2D eigenvalue weighted by Gasteiger charge is -2.38. The fourth-order valence-electron chi connectivity index (χ4n) is 2.66. The lowest BCUT2D eigenvalue weighted by molar-refractivity contribution is -0.146. The highest BCUT2D eigenvalue weighted by Crippen LogP contribution is 2.45. The van der Waals surface area contributed by atoms with E-state index in [1.165, 1.54) is 13.2 Å². The number of hydrogen-bond acceptors (Lipinski definition) is 3. The standard InChI is InChI=1S/C18H26O4/c1-12(2)18(16(20)21)10-9-13(17(3,4)5)11-14(18)7-8-15(19)22-6/h7-13H,1-6H3,(H,20,21)/b8-7+. The molecule has 0 saturated heterocycles. The molecule has 1 N–H and O–H groups in total. The Bertz CT molecular complexity index is 532. The van der Waals surface area contributed by atoms with Crippen LogP contribution in [0.1, 0.15) is 34.6 Å². The summed E-state index contributed by atoms with van der Waals surface area (Å²) in [5.74, 6) is -1.44. The molecule has 122 valence electrons. The van der Waals surface area contributed by atoms with Crippen molar-refractivity contribution in [2.45, 2.75) is 34.6 Å². The van der Waals surface area contributed by atoms with Crippen LogP contribution in [0.2, 0.25) is 0 Å². The molecule has 0 aliphatic heterocycles. The van der Waals surface area contributed by atoms with Crippen molar-refractivity contribution in [1.82, 2.24) is 0 Å². The molecule has 0 radical (unpaired) electrons. The summed E-state index contributed by atoms with van der Waals surface area (Å²) < 4.78 is 4.61. The molecule has 0 fully saturated rings.